The minimum Gasteiger partial charge on any atom is -0.324 e. The Bertz CT molecular complexity index is 751. The summed E-state index contributed by atoms with van der Waals surface area (Å²) in [6.45, 7) is 0. The second-order valence-corrected chi connectivity index (χ2v) is 8.68. The lowest BCUT2D eigenvalue weighted by Gasteiger charge is -1.99. The Hall–Kier alpha value is -0.970. The zero-order chi connectivity index (χ0) is 14.2. The van der Waals surface area contributed by atoms with Crippen LogP contribution >= 0.6 is 30.3 Å². The molecule has 3 aromatic rings. The maximum absolute atomic E-state index is 11.0. The van der Waals surface area contributed by atoms with E-state index in [0.717, 1.165) is 16.2 Å². The molecule has 0 fully saturated rings. The molecule has 0 atom stereocenters. The van der Waals surface area contributed by atoms with E-state index < -0.39 is 7.60 Å². The minimum atomic E-state index is -3.97. The van der Waals surface area contributed by atoms with Crippen LogP contribution in [0.5, 0.6) is 0 Å². The first-order chi connectivity index (χ1) is 9.49. The van der Waals surface area contributed by atoms with Gasteiger partial charge in [0.15, 0.2) is 0 Å². The van der Waals surface area contributed by atoms with E-state index >= 15 is 0 Å². The van der Waals surface area contributed by atoms with E-state index in [0.29, 0.717) is 0 Å². The zero-order valence-electron chi connectivity index (χ0n) is 10.5. The lowest BCUT2D eigenvalue weighted by Crippen LogP contribution is -1.81. The van der Waals surface area contributed by atoms with Crippen molar-refractivity contribution in [2.45, 2.75) is 12.6 Å². The molecular weight excluding hydrogens is 311 g/mol. The van der Waals surface area contributed by atoms with Crippen LogP contribution in [-0.2, 0) is 17.1 Å². The molecule has 0 aliphatic heterocycles. The number of thiophene rings is 2. The second kappa shape index (κ2) is 5.43. The van der Waals surface area contributed by atoms with E-state index in [1.165, 1.54) is 26.3 Å². The Morgan fingerprint density at radius 1 is 0.950 bits per heavy atom. The van der Waals surface area contributed by atoms with Crippen LogP contribution in [0.25, 0.3) is 10.1 Å². The monoisotopic (exact) mass is 324 g/mol. The van der Waals surface area contributed by atoms with Gasteiger partial charge in [-0.1, -0.05) is 18.2 Å². The van der Waals surface area contributed by atoms with Gasteiger partial charge in [-0.15, -0.1) is 22.7 Å². The average molecular weight is 324 g/mol. The van der Waals surface area contributed by atoms with Gasteiger partial charge in [-0.3, -0.25) is 4.57 Å². The van der Waals surface area contributed by atoms with Gasteiger partial charge in [-0.25, -0.2) is 0 Å². The highest BCUT2D eigenvalue weighted by atomic mass is 32.1. The zero-order valence-corrected chi connectivity index (χ0v) is 13.0. The number of benzene rings is 1. The number of rotatable bonds is 4. The van der Waals surface area contributed by atoms with Gasteiger partial charge >= 0.3 is 7.60 Å². The maximum atomic E-state index is 11.0. The van der Waals surface area contributed by atoms with Crippen LogP contribution in [0.2, 0.25) is 0 Å². The SMILES string of the molecule is O=P(O)(O)Cc1ccc(Cc2cc3ccccc3s2)s1. The summed E-state index contributed by atoms with van der Waals surface area (Å²) in [5.74, 6) is 0. The molecule has 2 N–H and O–H groups in total. The van der Waals surface area contributed by atoms with Crippen molar-refractivity contribution < 1.29 is 14.4 Å². The predicted molar refractivity (Wildman–Crippen MR) is 84.7 cm³/mol. The van der Waals surface area contributed by atoms with Crippen molar-refractivity contribution in [1.82, 2.24) is 0 Å². The van der Waals surface area contributed by atoms with Gasteiger partial charge in [0.05, 0.1) is 6.16 Å². The Kier molecular flexibility index (Phi) is 3.80. The summed E-state index contributed by atoms with van der Waals surface area (Å²) in [4.78, 5) is 21.1. The van der Waals surface area contributed by atoms with Gasteiger partial charge in [-0.2, -0.15) is 0 Å². The first-order valence-corrected chi connectivity index (χ1v) is 9.52. The molecule has 2 heterocycles. The Morgan fingerprint density at radius 2 is 1.70 bits per heavy atom. The molecule has 0 spiro atoms. The van der Waals surface area contributed by atoms with Gasteiger partial charge < -0.3 is 9.79 Å². The molecule has 6 heteroatoms. The first kappa shape index (κ1) is 14.0. The third-order valence-electron chi connectivity index (χ3n) is 2.90. The fourth-order valence-electron chi connectivity index (χ4n) is 2.10. The van der Waals surface area contributed by atoms with E-state index in [2.05, 4.69) is 18.2 Å². The van der Waals surface area contributed by atoms with Gasteiger partial charge in [0.1, 0.15) is 0 Å². The minimum absolute atomic E-state index is 0.163. The van der Waals surface area contributed by atoms with Crippen LogP contribution in [0.3, 0.4) is 0 Å². The fourth-order valence-corrected chi connectivity index (χ4v) is 5.39. The molecule has 104 valence electrons. The quantitative estimate of drug-likeness (QED) is 0.706. The van der Waals surface area contributed by atoms with Crippen molar-refractivity contribution in [2.24, 2.45) is 0 Å². The summed E-state index contributed by atoms with van der Waals surface area (Å²) < 4.78 is 12.3. The van der Waals surface area contributed by atoms with Crippen molar-refractivity contribution in [1.29, 1.82) is 0 Å². The summed E-state index contributed by atoms with van der Waals surface area (Å²) in [6, 6.07) is 14.2. The highest BCUT2D eigenvalue weighted by molar-refractivity contribution is 7.51. The molecule has 0 bridgehead atoms. The third kappa shape index (κ3) is 3.37. The molecule has 0 saturated carbocycles. The molecule has 1 aromatic carbocycles. The number of hydrogen-bond donors (Lipinski definition) is 2. The van der Waals surface area contributed by atoms with Crippen molar-refractivity contribution in [2.75, 3.05) is 0 Å². The van der Waals surface area contributed by atoms with E-state index in [9.17, 15) is 4.57 Å². The van der Waals surface area contributed by atoms with Crippen molar-refractivity contribution in [3.63, 3.8) is 0 Å². The van der Waals surface area contributed by atoms with Crippen LogP contribution in [0, 0.1) is 0 Å². The third-order valence-corrected chi connectivity index (χ3v) is 6.07. The molecule has 0 aliphatic rings. The second-order valence-electron chi connectivity index (χ2n) is 4.62. The molecule has 3 rings (SSSR count). The highest BCUT2D eigenvalue weighted by Gasteiger charge is 2.15. The Balaban J connectivity index is 1.79. The van der Waals surface area contributed by atoms with Gasteiger partial charge in [-0.05, 0) is 29.7 Å². The normalized spacial score (nSPS) is 12.1. The van der Waals surface area contributed by atoms with E-state index in [1.807, 2.05) is 24.3 Å². The summed E-state index contributed by atoms with van der Waals surface area (Å²) >= 11 is 3.25. The lowest BCUT2D eigenvalue weighted by molar-refractivity contribution is 0.372. The topological polar surface area (TPSA) is 57.5 Å². The highest BCUT2D eigenvalue weighted by Crippen LogP contribution is 2.41. The molecule has 0 radical (unpaired) electrons. The molecular formula is C14H13O3PS2. The molecule has 3 nitrogen and oxygen atoms in total. The summed E-state index contributed by atoms with van der Waals surface area (Å²) in [6.07, 6.45) is 0.662. The van der Waals surface area contributed by atoms with Crippen molar-refractivity contribution in [3.8, 4) is 0 Å². The van der Waals surface area contributed by atoms with Gasteiger partial charge in [0, 0.05) is 25.8 Å². The average Bonchev–Trinajstić information content (AvgIpc) is 2.93. The fraction of sp³-hybridized carbons (Fsp3) is 0.143. The largest absolute Gasteiger partial charge is 0.330 e. The maximum Gasteiger partial charge on any atom is 0.330 e. The molecule has 0 amide bonds. The Morgan fingerprint density at radius 3 is 2.45 bits per heavy atom. The smallest absolute Gasteiger partial charge is 0.324 e. The van der Waals surface area contributed by atoms with E-state index in [4.69, 9.17) is 9.79 Å². The van der Waals surface area contributed by atoms with Crippen molar-refractivity contribution >= 4 is 40.4 Å². The number of fused-ring (bicyclic) bond motifs is 1. The van der Waals surface area contributed by atoms with Crippen LogP contribution in [-0.4, -0.2) is 9.79 Å². The molecule has 0 aliphatic carbocycles. The predicted octanol–water partition coefficient (Wildman–Crippen LogP) is 4.23. The first-order valence-electron chi connectivity index (χ1n) is 6.09. The van der Waals surface area contributed by atoms with Crippen LogP contribution in [0.4, 0.5) is 0 Å². The molecule has 20 heavy (non-hydrogen) atoms. The standard InChI is InChI=1S/C14H13O3PS2/c15-18(16,17)9-12-6-5-11(19-12)8-13-7-10-3-1-2-4-14(10)20-13/h1-7H,8-9H2,(H2,15,16,17). The van der Waals surface area contributed by atoms with Gasteiger partial charge in [0.2, 0.25) is 0 Å². The van der Waals surface area contributed by atoms with Crippen molar-refractivity contribution in [3.05, 3.63) is 57.1 Å². The van der Waals surface area contributed by atoms with Crippen LogP contribution in [0.15, 0.2) is 42.5 Å². The lowest BCUT2D eigenvalue weighted by atomic mass is 10.2. The van der Waals surface area contributed by atoms with Crippen LogP contribution in [0.1, 0.15) is 14.6 Å². The summed E-state index contributed by atoms with van der Waals surface area (Å²) in [5, 5.41) is 1.25. The molecule has 0 saturated heterocycles. The van der Waals surface area contributed by atoms with E-state index in [1.54, 1.807) is 11.3 Å². The molecule has 0 unspecified atom stereocenters. The Labute approximate surface area is 124 Å². The van der Waals surface area contributed by atoms with E-state index in [-0.39, 0.29) is 6.16 Å². The van der Waals surface area contributed by atoms with Crippen LogP contribution < -0.4 is 0 Å². The number of hydrogen-bond acceptors (Lipinski definition) is 3. The summed E-state index contributed by atoms with van der Waals surface area (Å²) in [5.41, 5.74) is 0. The summed E-state index contributed by atoms with van der Waals surface area (Å²) in [7, 11) is -3.97. The molecule has 2 aromatic heterocycles. The van der Waals surface area contributed by atoms with Gasteiger partial charge in [0.25, 0.3) is 0 Å².